The van der Waals surface area contributed by atoms with Gasteiger partial charge < -0.3 is 5.21 Å². The highest BCUT2D eigenvalue weighted by Gasteiger charge is 2.21. The molecule has 1 aliphatic carbocycles. The van der Waals surface area contributed by atoms with Crippen molar-refractivity contribution in [2.24, 2.45) is 5.16 Å². The highest BCUT2D eigenvalue weighted by Crippen LogP contribution is 2.29. The first-order chi connectivity index (χ1) is 7.02. The Kier molecular flexibility index (Phi) is 2.29. The third kappa shape index (κ3) is 1.76. The summed E-state index contributed by atoms with van der Waals surface area (Å²) in [6.45, 7) is 6.64. The van der Waals surface area contributed by atoms with Crippen LogP contribution in [0.5, 0.6) is 0 Å². The molecule has 0 atom stereocenters. The van der Waals surface area contributed by atoms with Gasteiger partial charge in [-0.3, -0.25) is 0 Å². The summed E-state index contributed by atoms with van der Waals surface area (Å²) in [5.41, 5.74) is 4.79. The average molecular weight is 203 g/mol. The molecule has 1 aromatic rings. The van der Waals surface area contributed by atoms with Gasteiger partial charge in [0.15, 0.2) is 0 Å². The van der Waals surface area contributed by atoms with Crippen molar-refractivity contribution < 1.29 is 5.21 Å². The third-order valence-corrected chi connectivity index (χ3v) is 3.03. The van der Waals surface area contributed by atoms with E-state index in [-0.39, 0.29) is 5.41 Å². The molecular weight excluding hydrogens is 186 g/mol. The number of oxime groups is 1. The predicted molar refractivity (Wildman–Crippen MR) is 61.8 cm³/mol. The third-order valence-electron chi connectivity index (χ3n) is 3.03. The second-order valence-electron chi connectivity index (χ2n) is 5.17. The maximum absolute atomic E-state index is 8.83. The zero-order valence-corrected chi connectivity index (χ0v) is 9.54. The Bertz CT molecular complexity index is 413. The van der Waals surface area contributed by atoms with Crippen molar-refractivity contribution in [2.45, 2.75) is 39.0 Å². The number of benzene rings is 1. The Morgan fingerprint density at radius 1 is 1.20 bits per heavy atom. The Morgan fingerprint density at radius 3 is 2.53 bits per heavy atom. The molecule has 1 N–H and O–H groups in total. The molecule has 0 aliphatic heterocycles. The van der Waals surface area contributed by atoms with Gasteiger partial charge in [0.2, 0.25) is 0 Å². The summed E-state index contributed by atoms with van der Waals surface area (Å²) in [6, 6.07) is 6.46. The molecule has 0 saturated heterocycles. The van der Waals surface area contributed by atoms with E-state index in [4.69, 9.17) is 5.21 Å². The van der Waals surface area contributed by atoms with Gasteiger partial charge in [0.25, 0.3) is 0 Å². The number of fused-ring (bicyclic) bond motifs is 1. The van der Waals surface area contributed by atoms with Crippen molar-refractivity contribution in [3.63, 3.8) is 0 Å². The van der Waals surface area contributed by atoms with Gasteiger partial charge in [-0.25, -0.2) is 0 Å². The lowest BCUT2D eigenvalue weighted by molar-refractivity contribution is 0.318. The number of hydrogen-bond donors (Lipinski definition) is 1. The van der Waals surface area contributed by atoms with E-state index in [0.29, 0.717) is 0 Å². The van der Waals surface area contributed by atoms with Crippen LogP contribution in [0.4, 0.5) is 0 Å². The summed E-state index contributed by atoms with van der Waals surface area (Å²) >= 11 is 0. The summed E-state index contributed by atoms with van der Waals surface area (Å²) in [5.74, 6) is 0. The van der Waals surface area contributed by atoms with Crippen LogP contribution in [0.3, 0.4) is 0 Å². The second-order valence-corrected chi connectivity index (χ2v) is 5.17. The molecule has 15 heavy (non-hydrogen) atoms. The number of nitrogens with zero attached hydrogens (tertiary/aromatic N) is 1. The summed E-state index contributed by atoms with van der Waals surface area (Å²) in [5, 5.41) is 12.2. The van der Waals surface area contributed by atoms with Crippen molar-refractivity contribution in [1.29, 1.82) is 0 Å². The molecule has 0 saturated carbocycles. The lowest BCUT2D eigenvalue weighted by atomic mass is 9.85. The summed E-state index contributed by atoms with van der Waals surface area (Å²) < 4.78 is 0. The highest BCUT2D eigenvalue weighted by molar-refractivity contribution is 6.04. The lowest BCUT2D eigenvalue weighted by Gasteiger charge is -2.19. The maximum Gasteiger partial charge on any atom is 0.0873 e. The molecule has 0 fully saturated rings. The monoisotopic (exact) mass is 203 g/mol. The van der Waals surface area contributed by atoms with Crippen LogP contribution in [0.1, 0.15) is 43.9 Å². The van der Waals surface area contributed by atoms with Crippen LogP contribution < -0.4 is 0 Å². The molecule has 0 bridgehead atoms. The smallest absolute Gasteiger partial charge is 0.0873 e. The molecule has 2 rings (SSSR count). The van der Waals surface area contributed by atoms with E-state index in [9.17, 15) is 0 Å². The molecule has 0 radical (unpaired) electrons. The van der Waals surface area contributed by atoms with Crippen molar-refractivity contribution in [3.8, 4) is 0 Å². The molecule has 0 amide bonds. The fourth-order valence-electron chi connectivity index (χ4n) is 2.04. The average Bonchev–Trinajstić information content (AvgIpc) is 2.58. The minimum atomic E-state index is 0.189. The normalized spacial score (nSPS) is 18.2. The van der Waals surface area contributed by atoms with Crippen LogP contribution in [0.15, 0.2) is 23.4 Å². The fourth-order valence-corrected chi connectivity index (χ4v) is 2.04. The Balaban J connectivity index is 2.46. The van der Waals surface area contributed by atoms with Gasteiger partial charge in [-0.1, -0.05) is 44.1 Å². The van der Waals surface area contributed by atoms with Crippen molar-refractivity contribution in [1.82, 2.24) is 0 Å². The predicted octanol–water partition coefficient (Wildman–Crippen LogP) is 3.11. The Labute approximate surface area is 90.6 Å². The molecule has 0 heterocycles. The van der Waals surface area contributed by atoms with Crippen LogP contribution in [-0.2, 0) is 11.8 Å². The van der Waals surface area contributed by atoms with Crippen LogP contribution in [0.2, 0.25) is 0 Å². The molecule has 0 aromatic heterocycles. The van der Waals surface area contributed by atoms with Crippen LogP contribution >= 0.6 is 0 Å². The van der Waals surface area contributed by atoms with E-state index in [2.05, 4.69) is 44.1 Å². The molecule has 2 nitrogen and oxygen atoms in total. The lowest BCUT2D eigenvalue weighted by Crippen LogP contribution is -2.11. The number of hydrogen-bond acceptors (Lipinski definition) is 2. The van der Waals surface area contributed by atoms with Gasteiger partial charge in [0.1, 0.15) is 0 Å². The van der Waals surface area contributed by atoms with E-state index in [1.54, 1.807) is 0 Å². The first-order valence-corrected chi connectivity index (χ1v) is 5.37. The Hall–Kier alpha value is -1.31. The van der Waals surface area contributed by atoms with Crippen molar-refractivity contribution in [3.05, 3.63) is 34.9 Å². The first-order valence-electron chi connectivity index (χ1n) is 5.37. The minimum Gasteiger partial charge on any atom is -0.411 e. The van der Waals surface area contributed by atoms with Gasteiger partial charge in [0.05, 0.1) is 5.71 Å². The van der Waals surface area contributed by atoms with Crippen molar-refractivity contribution in [2.75, 3.05) is 0 Å². The van der Waals surface area contributed by atoms with Crippen LogP contribution in [-0.4, -0.2) is 10.9 Å². The zero-order valence-electron chi connectivity index (χ0n) is 9.54. The summed E-state index contributed by atoms with van der Waals surface area (Å²) in [7, 11) is 0. The standard InChI is InChI=1S/C13H17NO/c1-13(2,3)10-5-6-11-9(8-10)4-7-12(11)14-15/h5-6,8,15H,4,7H2,1-3H3/b14-12+. The molecule has 80 valence electrons. The summed E-state index contributed by atoms with van der Waals surface area (Å²) in [4.78, 5) is 0. The topological polar surface area (TPSA) is 32.6 Å². The van der Waals surface area contributed by atoms with Crippen LogP contribution in [0, 0.1) is 0 Å². The van der Waals surface area contributed by atoms with Gasteiger partial charge in [0, 0.05) is 5.56 Å². The molecule has 1 aliphatic rings. The minimum absolute atomic E-state index is 0.189. The largest absolute Gasteiger partial charge is 0.411 e. The van der Waals surface area contributed by atoms with Gasteiger partial charge in [-0.15, -0.1) is 0 Å². The van der Waals surface area contributed by atoms with E-state index in [0.717, 1.165) is 24.1 Å². The SMILES string of the molecule is CC(C)(C)c1ccc2c(c1)CC/C2=N\O. The molecule has 2 heteroatoms. The zero-order chi connectivity index (χ0) is 11.1. The van der Waals surface area contributed by atoms with E-state index >= 15 is 0 Å². The van der Waals surface area contributed by atoms with Gasteiger partial charge in [-0.05, 0) is 29.4 Å². The van der Waals surface area contributed by atoms with Gasteiger partial charge in [-0.2, -0.15) is 0 Å². The second kappa shape index (κ2) is 3.37. The first kappa shape index (κ1) is 10.2. The number of aryl methyl sites for hydroxylation is 1. The van der Waals surface area contributed by atoms with Crippen LogP contribution in [0.25, 0.3) is 0 Å². The quantitative estimate of drug-likeness (QED) is 0.510. The summed E-state index contributed by atoms with van der Waals surface area (Å²) in [6.07, 6.45) is 1.86. The Morgan fingerprint density at radius 2 is 1.93 bits per heavy atom. The molecular formula is C13H17NO. The molecule has 1 aromatic carbocycles. The van der Waals surface area contributed by atoms with Gasteiger partial charge >= 0.3 is 0 Å². The molecule has 0 spiro atoms. The molecule has 0 unspecified atom stereocenters. The highest BCUT2D eigenvalue weighted by atomic mass is 16.4. The number of rotatable bonds is 0. The van der Waals surface area contributed by atoms with E-state index < -0.39 is 0 Å². The fraction of sp³-hybridized carbons (Fsp3) is 0.462. The maximum atomic E-state index is 8.83. The van der Waals surface area contributed by atoms with E-state index in [1.165, 1.54) is 11.1 Å². The van der Waals surface area contributed by atoms with E-state index in [1.807, 2.05) is 0 Å². The van der Waals surface area contributed by atoms with Crippen molar-refractivity contribution >= 4 is 5.71 Å².